The monoisotopic (exact) mass is 305 g/mol. The molecule has 1 saturated carbocycles. The smallest absolute Gasteiger partial charge is 0.313 e. The number of fused-ring (bicyclic) bond motifs is 3. The van der Waals surface area contributed by atoms with Gasteiger partial charge in [-0.15, -0.1) is 0 Å². The third kappa shape index (κ3) is 1.94. The molecule has 7 atom stereocenters. The van der Waals surface area contributed by atoms with Crippen LogP contribution in [0.15, 0.2) is 12.2 Å². The van der Waals surface area contributed by atoms with E-state index in [4.69, 9.17) is 0 Å². The molecule has 0 aromatic heterocycles. The van der Waals surface area contributed by atoms with Crippen LogP contribution in [0.25, 0.3) is 0 Å². The van der Waals surface area contributed by atoms with Gasteiger partial charge < -0.3 is 15.1 Å². The molecular weight excluding hydrogens is 282 g/mol. The van der Waals surface area contributed by atoms with Crippen molar-refractivity contribution in [2.45, 2.75) is 25.7 Å². The molecule has 7 unspecified atom stereocenters. The number of carboxylic acids is 2. The van der Waals surface area contributed by atoms with Gasteiger partial charge in [-0.2, -0.15) is 0 Å². The number of hydrogen-bond donors (Lipinski definition) is 2. The lowest BCUT2D eigenvalue weighted by atomic mass is 9.61. The van der Waals surface area contributed by atoms with Gasteiger partial charge >= 0.3 is 11.9 Å². The number of carbonyl (C=O) groups is 2. The van der Waals surface area contributed by atoms with Gasteiger partial charge in [-0.3, -0.25) is 9.59 Å². The second kappa shape index (κ2) is 4.82. The van der Waals surface area contributed by atoms with Gasteiger partial charge in [-0.1, -0.05) is 12.2 Å². The van der Waals surface area contributed by atoms with Crippen LogP contribution in [-0.2, 0) is 9.59 Å². The van der Waals surface area contributed by atoms with Crippen LogP contribution in [0, 0.1) is 35.0 Å². The zero-order chi connectivity index (χ0) is 15.5. The second-order valence-corrected chi connectivity index (χ2v) is 7.75. The standard InChI is InChI=1S/C17H23NO4/c19-15(20)12-5-10-1-3-17(16(21)22,7-13(10)6-12)14-9-18-4-2-11(14)8-18/h1,3,10-14H,2,4-9H2,(H,19,20)(H,21,22). The number of nitrogens with zero attached hydrogens (tertiary/aromatic N) is 1. The second-order valence-electron chi connectivity index (χ2n) is 7.75. The maximum atomic E-state index is 12.2. The highest BCUT2D eigenvalue weighted by atomic mass is 16.4. The molecule has 2 aliphatic heterocycles. The average molecular weight is 305 g/mol. The van der Waals surface area contributed by atoms with E-state index >= 15 is 0 Å². The number of hydrogen-bond acceptors (Lipinski definition) is 3. The summed E-state index contributed by atoms with van der Waals surface area (Å²) < 4.78 is 0. The molecule has 4 rings (SSSR count). The van der Waals surface area contributed by atoms with E-state index in [2.05, 4.69) is 4.90 Å². The number of aliphatic carboxylic acids is 2. The van der Waals surface area contributed by atoms with E-state index in [0.29, 0.717) is 25.2 Å². The summed E-state index contributed by atoms with van der Waals surface area (Å²) in [6.45, 7) is 3.04. The Balaban J connectivity index is 1.61. The SMILES string of the molecule is O=C(O)C1CC2C=CC(C(=O)O)(C3CN4CCC3C4)CC2C1. The maximum absolute atomic E-state index is 12.2. The zero-order valence-electron chi connectivity index (χ0n) is 12.6. The van der Waals surface area contributed by atoms with Crippen LogP contribution in [0.2, 0.25) is 0 Å². The molecule has 2 saturated heterocycles. The molecule has 0 radical (unpaired) electrons. The first kappa shape index (κ1) is 14.2. The first-order chi connectivity index (χ1) is 10.5. The highest BCUT2D eigenvalue weighted by molar-refractivity contribution is 5.78. The quantitative estimate of drug-likeness (QED) is 0.776. The first-order valence-corrected chi connectivity index (χ1v) is 8.37. The van der Waals surface area contributed by atoms with Crippen molar-refractivity contribution < 1.29 is 19.8 Å². The number of rotatable bonds is 3. The predicted octanol–water partition coefficient (Wildman–Crippen LogP) is 1.70. The van der Waals surface area contributed by atoms with E-state index < -0.39 is 17.4 Å². The van der Waals surface area contributed by atoms with Crippen LogP contribution in [0.3, 0.4) is 0 Å². The van der Waals surface area contributed by atoms with Crippen molar-refractivity contribution in [2.24, 2.45) is 35.0 Å². The van der Waals surface area contributed by atoms with Crippen molar-refractivity contribution in [1.82, 2.24) is 4.90 Å². The largest absolute Gasteiger partial charge is 0.481 e. The average Bonchev–Trinajstić information content (AvgIpc) is 3.20. The zero-order valence-corrected chi connectivity index (χ0v) is 12.6. The first-order valence-electron chi connectivity index (χ1n) is 8.37. The van der Waals surface area contributed by atoms with E-state index in [1.807, 2.05) is 12.2 Å². The molecule has 2 N–H and O–H groups in total. The summed E-state index contributed by atoms with van der Waals surface area (Å²) >= 11 is 0. The van der Waals surface area contributed by atoms with Crippen molar-refractivity contribution in [2.75, 3.05) is 19.6 Å². The van der Waals surface area contributed by atoms with Crippen LogP contribution in [-0.4, -0.2) is 46.7 Å². The molecule has 120 valence electrons. The highest BCUT2D eigenvalue weighted by Crippen LogP contribution is 2.54. The summed E-state index contributed by atoms with van der Waals surface area (Å²) in [5.74, 6) is -0.569. The summed E-state index contributed by atoms with van der Waals surface area (Å²) in [7, 11) is 0. The molecule has 2 aliphatic carbocycles. The van der Waals surface area contributed by atoms with E-state index in [9.17, 15) is 19.8 Å². The van der Waals surface area contributed by atoms with Crippen molar-refractivity contribution in [3.63, 3.8) is 0 Å². The van der Waals surface area contributed by atoms with Gasteiger partial charge in [0.2, 0.25) is 0 Å². The van der Waals surface area contributed by atoms with Gasteiger partial charge in [0.15, 0.2) is 0 Å². The fraction of sp³-hybridized carbons (Fsp3) is 0.765. The third-order valence-electron chi connectivity index (χ3n) is 6.73. The van der Waals surface area contributed by atoms with Crippen LogP contribution in [0.4, 0.5) is 0 Å². The summed E-state index contributed by atoms with van der Waals surface area (Å²) in [5.41, 5.74) is -0.769. The fourth-order valence-corrected chi connectivity index (χ4v) is 5.59. The van der Waals surface area contributed by atoms with Crippen LogP contribution in [0.1, 0.15) is 25.7 Å². The van der Waals surface area contributed by atoms with Crippen LogP contribution < -0.4 is 0 Å². The molecule has 3 fully saturated rings. The minimum Gasteiger partial charge on any atom is -0.481 e. The number of allylic oxidation sites excluding steroid dienone is 1. The van der Waals surface area contributed by atoms with Gasteiger partial charge in [0.05, 0.1) is 11.3 Å². The van der Waals surface area contributed by atoms with Gasteiger partial charge in [0.1, 0.15) is 0 Å². The fourth-order valence-electron chi connectivity index (χ4n) is 5.59. The molecule has 0 aromatic carbocycles. The Kier molecular flexibility index (Phi) is 3.12. The normalized spacial score (nSPS) is 49.3. The minimum atomic E-state index is -0.769. The lowest BCUT2D eigenvalue weighted by molar-refractivity contribution is -0.152. The van der Waals surface area contributed by atoms with Crippen molar-refractivity contribution >= 4 is 11.9 Å². The van der Waals surface area contributed by atoms with Gasteiger partial charge in [0, 0.05) is 13.1 Å². The van der Waals surface area contributed by atoms with Crippen LogP contribution >= 0.6 is 0 Å². The van der Waals surface area contributed by atoms with E-state index in [-0.39, 0.29) is 23.7 Å². The summed E-state index contributed by atoms with van der Waals surface area (Å²) in [4.78, 5) is 25.8. The number of piperidine rings is 1. The molecule has 0 amide bonds. The molecule has 2 heterocycles. The molecule has 22 heavy (non-hydrogen) atoms. The summed E-state index contributed by atoms with van der Waals surface area (Å²) in [6.07, 6.45) is 7.02. The lowest BCUT2D eigenvalue weighted by Crippen LogP contribution is -2.46. The predicted molar refractivity (Wildman–Crippen MR) is 79.2 cm³/mol. The molecule has 4 aliphatic rings. The maximum Gasteiger partial charge on any atom is 0.313 e. The lowest BCUT2D eigenvalue weighted by Gasteiger charge is -2.42. The topological polar surface area (TPSA) is 77.8 Å². The van der Waals surface area contributed by atoms with Crippen molar-refractivity contribution in [3.8, 4) is 0 Å². The number of carboxylic acid groups (broad SMARTS) is 2. The highest BCUT2D eigenvalue weighted by Gasteiger charge is 2.56. The molecule has 5 heteroatoms. The van der Waals surface area contributed by atoms with Gasteiger partial charge in [-0.25, -0.2) is 0 Å². The molecule has 0 spiro atoms. The van der Waals surface area contributed by atoms with Crippen LogP contribution in [0.5, 0.6) is 0 Å². The van der Waals surface area contributed by atoms with Gasteiger partial charge in [-0.05, 0) is 55.9 Å². The van der Waals surface area contributed by atoms with E-state index in [0.717, 1.165) is 26.1 Å². The Labute approximate surface area is 130 Å². The Morgan fingerprint density at radius 1 is 1.14 bits per heavy atom. The third-order valence-corrected chi connectivity index (χ3v) is 6.73. The summed E-state index contributed by atoms with van der Waals surface area (Å²) in [5, 5.41) is 19.2. The Bertz CT molecular complexity index is 545. The van der Waals surface area contributed by atoms with Crippen molar-refractivity contribution in [1.29, 1.82) is 0 Å². The van der Waals surface area contributed by atoms with Gasteiger partial charge in [0.25, 0.3) is 0 Å². The minimum absolute atomic E-state index is 0.194. The Hall–Kier alpha value is -1.36. The molecule has 2 bridgehead atoms. The molecular formula is C17H23NO4. The molecule has 5 nitrogen and oxygen atoms in total. The van der Waals surface area contributed by atoms with Crippen molar-refractivity contribution in [3.05, 3.63) is 12.2 Å². The van der Waals surface area contributed by atoms with E-state index in [1.165, 1.54) is 0 Å². The molecule has 0 aromatic rings. The Morgan fingerprint density at radius 3 is 2.55 bits per heavy atom. The Morgan fingerprint density at radius 2 is 1.95 bits per heavy atom. The summed E-state index contributed by atoms with van der Waals surface area (Å²) in [6, 6.07) is 0. The van der Waals surface area contributed by atoms with E-state index in [1.54, 1.807) is 0 Å².